The van der Waals surface area contributed by atoms with E-state index in [1.165, 1.54) is 58.2 Å². The molecule has 1 heterocycles. The van der Waals surface area contributed by atoms with Gasteiger partial charge in [0.15, 0.2) is 0 Å². The number of hydrogen-bond donors (Lipinski definition) is 1. The van der Waals surface area contributed by atoms with Crippen molar-refractivity contribution in [1.29, 1.82) is 0 Å². The standard InChI is InChI=1S/C14H29N3/c1-16(11-12-9-13(15)10-12)8-6-14-5-3-4-7-17(14)2/h12-14H,3-11,15H2,1-2H3. The average molecular weight is 239 g/mol. The maximum atomic E-state index is 5.83. The van der Waals surface area contributed by atoms with E-state index in [1.807, 2.05) is 0 Å². The summed E-state index contributed by atoms with van der Waals surface area (Å²) in [5.41, 5.74) is 5.83. The largest absolute Gasteiger partial charge is 0.328 e. The molecule has 1 saturated carbocycles. The predicted molar refractivity (Wildman–Crippen MR) is 73.1 cm³/mol. The molecule has 2 fully saturated rings. The first kappa shape index (κ1) is 13.3. The lowest BCUT2D eigenvalue weighted by molar-refractivity contribution is 0.141. The molecular weight excluding hydrogens is 210 g/mol. The van der Waals surface area contributed by atoms with E-state index in [-0.39, 0.29) is 0 Å². The summed E-state index contributed by atoms with van der Waals surface area (Å²) < 4.78 is 0. The van der Waals surface area contributed by atoms with Crippen LogP contribution in [0, 0.1) is 5.92 Å². The van der Waals surface area contributed by atoms with Crippen LogP contribution < -0.4 is 5.73 Å². The van der Waals surface area contributed by atoms with Gasteiger partial charge in [0.25, 0.3) is 0 Å². The van der Waals surface area contributed by atoms with E-state index in [9.17, 15) is 0 Å². The van der Waals surface area contributed by atoms with Gasteiger partial charge < -0.3 is 15.5 Å². The molecule has 3 nitrogen and oxygen atoms in total. The van der Waals surface area contributed by atoms with Gasteiger partial charge in [-0.1, -0.05) is 6.42 Å². The van der Waals surface area contributed by atoms with Crippen molar-refractivity contribution in [2.45, 2.75) is 50.6 Å². The summed E-state index contributed by atoms with van der Waals surface area (Å²) in [5.74, 6) is 0.874. The van der Waals surface area contributed by atoms with Crippen LogP contribution in [-0.2, 0) is 0 Å². The fourth-order valence-corrected chi connectivity index (χ4v) is 3.35. The van der Waals surface area contributed by atoms with E-state index in [1.54, 1.807) is 0 Å². The molecule has 2 aliphatic rings. The van der Waals surface area contributed by atoms with Gasteiger partial charge in [-0.05, 0) is 65.2 Å². The third-order valence-electron chi connectivity index (χ3n) is 4.61. The van der Waals surface area contributed by atoms with Crippen LogP contribution in [0.1, 0.15) is 38.5 Å². The highest BCUT2D eigenvalue weighted by atomic mass is 15.1. The molecule has 2 N–H and O–H groups in total. The van der Waals surface area contributed by atoms with Gasteiger partial charge in [0.05, 0.1) is 0 Å². The lowest BCUT2D eigenvalue weighted by Crippen LogP contribution is -2.43. The highest BCUT2D eigenvalue weighted by molar-refractivity contribution is 4.84. The van der Waals surface area contributed by atoms with Crippen LogP contribution in [0.3, 0.4) is 0 Å². The first-order valence-electron chi connectivity index (χ1n) is 7.29. The van der Waals surface area contributed by atoms with Gasteiger partial charge in [0, 0.05) is 18.6 Å². The quantitative estimate of drug-likeness (QED) is 0.790. The lowest BCUT2D eigenvalue weighted by Gasteiger charge is -2.37. The molecule has 1 unspecified atom stereocenters. The third-order valence-corrected chi connectivity index (χ3v) is 4.61. The summed E-state index contributed by atoms with van der Waals surface area (Å²) in [5, 5.41) is 0. The van der Waals surface area contributed by atoms with Crippen LogP contribution >= 0.6 is 0 Å². The zero-order valence-electron chi connectivity index (χ0n) is 11.6. The van der Waals surface area contributed by atoms with Crippen molar-refractivity contribution in [2.24, 2.45) is 11.7 Å². The molecule has 17 heavy (non-hydrogen) atoms. The fraction of sp³-hybridized carbons (Fsp3) is 1.00. The molecular formula is C14H29N3. The van der Waals surface area contributed by atoms with Gasteiger partial charge in [0.2, 0.25) is 0 Å². The Morgan fingerprint density at radius 1 is 1.29 bits per heavy atom. The highest BCUT2D eigenvalue weighted by Gasteiger charge is 2.27. The molecule has 1 aliphatic carbocycles. The second kappa shape index (κ2) is 6.17. The summed E-state index contributed by atoms with van der Waals surface area (Å²) in [6.07, 6.45) is 8.05. The summed E-state index contributed by atoms with van der Waals surface area (Å²) in [7, 11) is 4.56. The Hall–Kier alpha value is -0.120. The minimum Gasteiger partial charge on any atom is -0.328 e. The zero-order chi connectivity index (χ0) is 12.3. The average Bonchev–Trinajstić information content (AvgIpc) is 2.26. The molecule has 1 atom stereocenters. The van der Waals surface area contributed by atoms with Crippen molar-refractivity contribution in [2.75, 3.05) is 33.7 Å². The summed E-state index contributed by atoms with van der Waals surface area (Å²) in [6.45, 7) is 3.80. The summed E-state index contributed by atoms with van der Waals surface area (Å²) >= 11 is 0. The topological polar surface area (TPSA) is 32.5 Å². The van der Waals surface area contributed by atoms with Crippen molar-refractivity contribution in [3.63, 3.8) is 0 Å². The van der Waals surface area contributed by atoms with Crippen LogP contribution in [0.25, 0.3) is 0 Å². The smallest absolute Gasteiger partial charge is 0.0104 e. The Bertz CT molecular complexity index is 226. The lowest BCUT2D eigenvalue weighted by atomic mass is 9.80. The van der Waals surface area contributed by atoms with Gasteiger partial charge in [-0.2, -0.15) is 0 Å². The van der Waals surface area contributed by atoms with Crippen LogP contribution in [0.15, 0.2) is 0 Å². The fourth-order valence-electron chi connectivity index (χ4n) is 3.35. The highest BCUT2D eigenvalue weighted by Crippen LogP contribution is 2.26. The molecule has 3 heteroatoms. The molecule has 1 saturated heterocycles. The SMILES string of the molecule is CN(CCC1CCCCN1C)CC1CC(N)C1. The molecule has 0 amide bonds. The Morgan fingerprint density at radius 3 is 2.71 bits per heavy atom. The van der Waals surface area contributed by atoms with Crippen molar-refractivity contribution >= 4 is 0 Å². The molecule has 0 bridgehead atoms. The molecule has 0 spiro atoms. The third kappa shape index (κ3) is 3.94. The summed E-state index contributed by atoms with van der Waals surface area (Å²) in [6, 6.07) is 1.33. The van der Waals surface area contributed by atoms with Crippen molar-refractivity contribution < 1.29 is 0 Å². The van der Waals surface area contributed by atoms with E-state index in [0.717, 1.165) is 12.0 Å². The van der Waals surface area contributed by atoms with Crippen LogP contribution in [0.2, 0.25) is 0 Å². The van der Waals surface area contributed by atoms with E-state index in [0.29, 0.717) is 6.04 Å². The maximum Gasteiger partial charge on any atom is 0.0104 e. The van der Waals surface area contributed by atoms with Gasteiger partial charge in [-0.15, -0.1) is 0 Å². The molecule has 0 radical (unpaired) electrons. The number of piperidine rings is 1. The molecule has 1 aliphatic heterocycles. The van der Waals surface area contributed by atoms with E-state index < -0.39 is 0 Å². The van der Waals surface area contributed by atoms with Gasteiger partial charge in [0.1, 0.15) is 0 Å². The molecule has 2 rings (SSSR count). The maximum absolute atomic E-state index is 5.83. The minimum atomic E-state index is 0.498. The molecule has 0 aromatic heterocycles. The zero-order valence-corrected chi connectivity index (χ0v) is 11.6. The van der Waals surface area contributed by atoms with Gasteiger partial charge >= 0.3 is 0 Å². The number of hydrogen-bond acceptors (Lipinski definition) is 3. The Morgan fingerprint density at radius 2 is 2.06 bits per heavy atom. The molecule has 0 aromatic rings. The Kier molecular flexibility index (Phi) is 4.83. The normalized spacial score (nSPS) is 34.9. The van der Waals surface area contributed by atoms with Crippen molar-refractivity contribution in [3.8, 4) is 0 Å². The van der Waals surface area contributed by atoms with E-state index in [4.69, 9.17) is 5.73 Å². The minimum absolute atomic E-state index is 0.498. The molecule has 0 aromatic carbocycles. The van der Waals surface area contributed by atoms with Crippen LogP contribution in [-0.4, -0.2) is 55.6 Å². The van der Waals surface area contributed by atoms with Crippen molar-refractivity contribution in [3.05, 3.63) is 0 Å². The predicted octanol–water partition coefficient (Wildman–Crippen LogP) is 1.53. The Balaban J connectivity index is 1.60. The first-order valence-corrected chi connectivity index (χ1v) is 7.29. The monoisotopic (exact) mass is 239 g/mol. The second-order valence-electron chi connectivity index (χ2n) is 6.28. The number of rotatable bonds is 5. The number of nitrogens with two attached hydrogens (primary N) is 1. The van der Waals surface area contributed by atoms with Crippen LogP contribution in [0.4, 0.5) is 0 Å². The number of likely N-dealkylation sites (tertiary alicyclic amines) is 1. The Labute approximate surface area is 106 Å². The van der Waals surface area contributed by atoms with E-state index >= 15 is 0 Å². The summed E-state index contributed by atoms with van der Waals surface area (Å²) in [4.78, 5) is 5.07. The number of nitrogens with zero attached hydrogens (tertiary/aromatic N) is 2. The van der Waals surface area contributed by atoms with Crippen LogP contribution in [0.5, 0.6) is 0 Å². The second-order valence-corrected chi connectivity index (χ2v) is 6.28. The first-order chi connectivity index (χ1) is 8.15. The van der Waals surface area contributed by atoms with Crippen molar-refractivity contribution in [1.82, 2.24) is 9.80 Å². The van der Waals surface area contributed by atoms with Gasteiger partial charge in [-0.25, -0.2) is 0 Å². The molecule has 100 valence electrons. The van der Waals surface area contributed by atoms with E-state index in [2.05, 4.69) is 23.9 Å². The van der Waals surface area contributed by atoms with Gasteiger partial charge in [-0.3, -0.25) is 0 Å².